The van der Waals surface area contributed by atoms with Crippen LogP contribution < -0.4 is 14.8 Å². The molecule has 1 fully saturated rings. The second-order valence-corrected chi connectivity index (χ2v) is 5.43. The Morgan fingerprint density at radius 3 is 2.75 bits per heavy atom. The molecule has 5 heteroatoms. The molecule has 1 N–H and O–H groups in total. The van der Waals surface area contributed by atoms with E-state index in [-0.39, 0.29) is 0 Å². The Morgan fingerprint density at radius 1 is 1.25 bits per heavy atom. The summed E-state index contributed by atoms with van der Waals surface area (Å²) in [6, 6.07) is 4.64. The molecule has 0 aliphatic carbocycles. The molecule has 0 amide bonds. The van der Waals surface area contributed by atoms with Gasteiger partial charge in [0.25, 0.3) is 0 Å². The summed E-state index contributed by atoms with van der Waals surface area (Å²) in [4.78, 5) is 4.79. The molecule has 2 aliphatic rings. The van der Waals surface area contributed by atoms with Crippen LogP contribution in [0.1, 0.15) is 31.6 Å². The molecule has 2 aliphatic heterocycles. The maximum Gasteiger partial charge on any atom is 0.231 e. The average molecular weight is 273 g/mol. The van der Waals surface area contributed by atoms with Crippen molar-refractivity contribution in [3.63, 3.8) is 0 Å². The van der Waals surface area contributed by atoms with Crippen molar-refractivity contribution in [1.29, 1.82) is 0 Å². The molecule has 4 rings (SSSR count). The van der Waals surface area contributed by atoms with Crippen LogP contribution in [-0.4, -0.2) is 29.4 Å². The van der Waals surface area contributed by atoms with E-state index in [4.69, 9.17) is 14.5 Å². The van der Waals surface area contributed by atoms with Crippen LogP contribution in [0.3, 0.4) is 0 Å². The number of hydrogen-bond donors (Lipinski definition) is 1. The fourth-order valence-electron chi connectivity index (χ4n) is 3.26. The van der Waals surface area contributed by atoms with Gasteiger partial charge in [0.2, 0.25) is 6.79 Å². The summed E-state index contributed by atoms with van der Waals surface area (Å²) in [6.07, 6.45) is 3.27. The number of rotatable bonds is 2. The molecule has 0 unspecified atom stereocenters. The van der Waals surface area contributed by atoms with Crippen molar-refractivity contribution < 1.29 is 9.47 Å². The number of piperidine rings is 1. The Hall–Kier alpha value is -1.75. The van der Waals surface area contributed by atoms with E-state index in [1.165, 1.54) is 5.52 Å². The maximum atomic E-state index is 5.52. The summed E-state index contributed by atoms with van der Waals surface area (Å²) in [7, 11) is 0. The summed E-state index contributed by atoms with van der Waals surface area (Å²) in [5.41, 5.74) is 2.20. The van der Waals surface area contributed by atoms with Crippen LogP contribution in [0.25, 0.3) is 11.0 Å². The van der Waals surface area contributed by atoms with Gasteiger partial charge in [-0.25, -0.2) is 4.98 Å². The van der Waals surface area contributed by atoms with Crippen molar-refractivity contribution in [2.45, 2.75) is 32.2 Å². The summed E-state index contributed by atoms with van der Waals surface area (Å²) >= 11 is 0. The van der Waals surface area contributed by atoms with E-state index in [1.807, 2.05) is 6.07 Å². The van der Waals surface area contributed by atoms with Gasteiger partial charge in [-0.05, 0) is 25.9 Å². The minimum absolute atomic E-state index is 0.315. The standard InChI is InChI=1S/C15H19N3O2/c1-2-15-17-11-7-13-14(20-9-19-13)8-12(11)18(15)10-3-5-16-6-4-10/h7-8,10,16H,2-6,9H2,1H3. The zero-order chi connectivity index (χ0) is 13.5. The van der Waals surface area contributed by atoms with Gasteiger partial charge < -0.3 is 19.4 Å². The summed E-state index contributed by atoms with van der Waals surface area (Å²) in [5, 5.41) is 3.43. The molecular weight excluding hydrogens is 254 g/mol. The molecule has 0 saturated carbocycles. The molecule has 0 bridgehead atoms. The Morgan fingerprint density at radius 2 is 2.00 bits per heavy atom. The van der Waals surface area contributed by atoms with Gasteiger partial charge in [0, 0.05) is 24.6 Å². The number of fused-ring (bicyclic) bond motifs is 2. The van der Waals surface area contributed by atoms with E-state index in [0.29, 0.717) is 12.8 Å². The zero-order valence-corrected chi connectivity index (χ0v) is 11.7. The largest absolute Gasteiger partial charge is 0.454 e. The van der Waals surface area contributed by atoms with Crippen LogP contribution in [-0.2, 0) is 6.42 Å². The Balaban J connectivity index is 1.88. The molecular formula is C15H19N3O2. The van der Waals surface area contributed by atoms with Gasteiger partial charge >= 0.3 is 0 Å². The average Bonchev–Trinajstić information content (AvgIpc) is 3.08. The predicted molar refractivity (Wildman–Crippen MR) is 76.4 cm³/mol. The number of aromatic nitrogens is 2. The van der Waals surface area contributed by atoms with Crippen LogP contribution in [0.2, 0.25) is 0 Å². The second-order valence-electron chi connectivity index (χ2n) is 5.43. The van der Waals surface area contributed by atoms with Gasteiger partial charge in [-0.1, -0.05) is 6.92 Å². The van der Waals surface area contributed by atoms with Gasteiger partial charge in [0.05, 0.1) is 11.0 Å². The zero-order valence-electron chi connectivity index (χ0n) is 11.7. The van der Waals surface area contributed by atoms with Crippen LogP contribution >= 0.6 is 0 Å². The Labute approximate surface area is 117 Å². The van der Waals surface area contributed by atoms with Crippen molar-refractivity contribution in [2.24, 2.45) is 0 Å². The summed E-state index contributed by atoms with van der Waals surface area (Å²) in [6.45, 7) is 4.64. The lowest BCUT2D eigenvalue weighted by atomic mass is 10.1. The fourth-order valence-corrected chi connectivity index (χ4v) is 3.26. The van der Waals surface area contributed by atoms with E-state index in [1.54, 1.807) is 0 Å². The quantitative estimate of drug-likeness (QED) is 0.911. The highest BCUT2D eigenvalue weighted by Crippen LogP contribution is 2.38. The molecule has 1 aromatic heterocycles. The van der Waals surface area contributed by atoms with E-state index >= 15 is 0 Å². The maximum absolute atomic E-state index is 5.52. The predicted octanol–water partition coefficient (Wildman–Crippen LogP) is 2.25. The highest BCUT2D eigenvalue weighted by molar-refractivity contribution is 5.81. The lowest BCUT2D eigenvalue weighted by Gasteiger charge is -2.26. The van der Waals surface area contributed by atoms with E-state index in [0.717, 1.165) is 55.2 Å². The number of hydrogen-bond acceptors (Lipinski definition) is 4. The molecule has 5 nitrogen and oxygen atoms in total. The first-order valence-electron chi connectivity index (χ1n) is 7.38. The molecule has 3 heterocycles. The molecule has 1 saturated heterocycles. The van der Waals surface area contributed by atoms with Crippen molar-refractivity contribution in [3.05, 3.63) is 18.0 Å². The normalized spacial score (nSPS) is 18.9. The molecule has 1 aromatic carbocycles. The monoisotopic (exact) mass is 273 g/mol. The van der Waals surface area contributed by atoms with Crippen LogP contribution in [0.5, 0.6) is 11.5 Å². The number of ether oxygens (including phenoxy) is 2. The summed E-state index contributed by atoms with van der Waals surface area (Å²) < 4.78 is 13.4. The first kappa shape index (κ1) is 12.0. The Bertz CT molecular complexity index is 644. The lowest BCUT2D eigenvalue weighted by molar-refractivity contribution is 0.174. The van der Waals surface area contributed by atoms with Crippen LogP contribution in [0.4, 0.5) is 0 Å². The first-order valence-corrected chi connectivity index (χ1v) is 7.38. The van der Waals surface area contributed by atoms with E-state index < -0.39 is 0 Å². The molecule has 0 spiro atoms. The first-order chi connectivity index (χ1) is 9.86. The third-order valence-electron chi connectivity index (χ3n) is 4.25. The van der Waals surface area contributed by atoms with Gasteiger partial charge in [-0.15, -0.1) is 0 Å². The van der Waals surface area contributed by atoms with Crippen molar-refractivity contribution in [1.82, 2.24) is 14.9 Å². The number of aryl methyl sites for hydroxylation is 1. The third-order valence-corrected chi connectivity index (χ3v) is 4.25. The van der Waals surface area contributed by atoms with Crippen molar-refractivity contribution in [2.75, 3.05) is 19.9 Å². The van der Waals surface area contributed by atoms with Gasteiger partial charge in [0.1, 0.15) is 5.82 Å². The molecule has 20 heavy (non-hydrogen) atoms. The van der Waals surface area contributed by atoms with Crippen molar-refractivity contribution in [3.8, 4) is 11.5 Å². The topological polar surface area (TPSA) is 48.3 Å². The number of benzene rings is 1. The molecule has 0 atom stereocenters. The second kappa shape index (κ2) is 4.66. The third kappa shape index (κ3) is 1.77. The van der Waals surface area contributed by atoms with Gasteiger partial charge in [0.15, 0.2) is 11.5 Å². The highest BCUT2D eigenvalue weighted by Gasteiger charge is 2.23. The van der Waals surface area contributed by atoms with E-state index in [2.05, 4.69) is 22.9 Å². The highest BCUT2D eigenvalue weighted by atomic mass is 16.7. The Kier molecular flexibility index (Phi) is 2.80. The van der Waals surface area contributed by atoms with Gasteiger partial charge in [-0.2, -0.15) is 0 Å². The molecule has 106 valence electrons. The molecule has 2 aromatic rings. The summed E-state index contributed by atoms with van der Waals surface area (Å²) in [5.74, 6) is 2.82. The number of nitrogens with one attached hydrogen (secondary N) is 1. The smallest absolute Gasteiger partial charge is 0.231 e. The lowest BCUT2D eigenvalue weighted by Crippen LogP contribution is -2.30. The SMILES string of the molecule is CCc1nc2cc3c(cc2n1C1CCNCC1)OCO3. The van der Waals surface area contributed by atoms with Crippen LogP contribution in [0.15, 0.2) is 12.1 Å². The molecule has 0 radical (unpaired) electrons. The number of imidazole rings is 1. The van der Waals surface area contributed by atoms with E-state index in [9.17, 15) is 0 Å². The van der Waals surface area contributed by atoms with Gasteiger partial charge in [-0.3, -0.25) is 0 Å². The fraction of sp³-hybridized carbons (Fsp3) is 0.533. The number of nitrogens with zero attached hydrogens (tertiary/aromatic N) is 2. The van der Waals surface area contributed by atoms with Crippen LogP contribution in [0, 0.1) is 0 Å². The minimum atomic E-state index is 0.315. The van der Waals surface area contributed by atoms with Crippen molar-refractivity contribution >= 4 is 11.0 Å². The minimum Gasteiger partial charge on any atom is -0.454 e.